The Hall–Kier alpha value is -2.08. The lowest BCUT2D eigenvalue weighted by molar-refractivity contribution is -0.117. The molecule has 2 aromatic carbocycles. The van der Waals surface area contributed by atoms with Crippen molar-refractivity contribution in [2.45, 2.75) is 5.92 Å². The van der Waals surface area contributed by atoms with Crippen LogP contribution in [0.5, 0.6) is 0 Å². The molecular weight excluding hydrogens is 335 g/mol. The van der Waals surface area contributed by atoms with Gasteiger partial charge in [0.25, 0.3) is 0 Å². The smallest absolute Gasteiger partial charge is 0.233 e. The fourth-order valence-electron chi connectivity index (χ4n) is 2.37. The fraction of sp³-hybridized carbons (Fsp3) is 0.125. The molecule has 0 bridgehead atoms. The van der Waals surface area contributed by atoms with Crippen LogP contribution in [0.4, 0.5) is 5.69 Å². The maximum absolute atomic E-state index is 12.5. The number of hydrogen-bond donors (Lipinski definition) is 3. The number of fused-ring (bicyclic) bond motifs is 1. The van der Waals surface area contributed by atoms with Gasteiger partial charge in [-0.3, -0.25) is 9.89 Å². The molecule has 3 aromatic rings. The highest BCUT2D eigenvalue weighted by atomic mass is 35.5. The molecular formula is C16H14Cl2N4O. The van der Waals surface area contributed by atoms with Crippen LogP contribution < -0.4 is 11.1 Å². The van der Waals surface area contributed by atoms with Crippen LogP contribution in [0.1, 0.15) is 11.5 Å². The number of nitrogens with one attached hydrogen (secondary N) is 2. The summed E-state index contributed by atoms with van der Waals surface area (Å²) in [5.74, 6) is -0.710. The van der Waals surface area contributed by atoms with Crippen molar-refractivity contribution in [3.63, 3.8) is 0 Å². The SMILES string of the molecule is NC[C@H](C(=O)Nc1ccc2[nH]ncc2c1)c1ccc(Cl)c(Cl)c1. The minimum absolute atomic E-state index is 0.164. The molecule has 0 aliphatic carbocycles. The van der Waals surface area contributed by atoms with Crippen molar-refractivity contribution >= 4 is 45.7 Å². The second-order valence-electron chi connectivity index (χ2n) is 5.12. The molecule has 0 spiro atoms. The van der Waals surface area contributed by atoms with Gasteiger partial charge in [0.1, 0.15) is 0 Å². The number of H-pyrrole nitrogens is 1. The summed E-state index contributed by atoms with van der Waals surface area (Å²) in [6, 6.07) is 10.6. The van der Waals surface area contributed by atoms with E-state index in [0.29, 0.717) is 15.7 Å². The number of aromatic nitrogens is 2. The number of rotatable bonds is 4. The summed E-state index contributed by atoms with van der Waals surface area (Å²) in [4.78, 5) is 12.5. The van der Waals surface area contributed by atoms with Gasteiger partial charge in [-0.15, -0.1) is 0 Å². The Balaban J connectivity index is 1.82. The Morgan fingerprint density at radius 3 is 2.78 bits per heavy atom. The second-order valence-corrected chi connectivity index (χ2v) is 5.94. The van der Waals surface area contributed by atoms with E-state index in [-0.39, 0.29) is 12.5 Å². The summed E-state index contributed by atoms with van der Waals surface area (Å²) in [5, 5.41) is 11.4. The fourth-order valence-corrected chi connectivity index (χ4v) is 2.68. The number of hydrogen-bond acceptors (Lipinski definition) is 3. The van der Waals surface area contributed by atoms with Gasteiger partial charge < -0.3 is 11.1 Å². The van der Waals surface area contributed by atoms with Crippen LogP contribution in [0.2, 0.25) is 10.0 Å². The molecule has 0 aliphatic rings. The van der Waals surface area contributed by atoms with Gasteiger partial charge in [0, 0.05) is 17.6 Å². The number of amides is 1. The van der Waals surface area contributed by atoms with Gasteiger partial charge in [0.2, 0.25) is 5.91 Å². The van der Waals surface area contributed by atoms with E-state index in [1.807, 2.05) is 12.1 Å². The molecule has 0 fully saturated rings. The number of benzene rings is 2. The molecule has 0 saturated heterocycles. The van der Waals surface area contributed by atoms with Gasteiger partial charge in [0.15, 0.2) is 0 Å². The predicted octanol–water partition coefficient (Wildman–Crippen LogP) is 3.55. The highest BCUT2D eigenvalue weighted by Gasteiger charge is 2.20. The van der Waals surface area contributed by atoms with Crippen molar-refractivity contribution in [3.8, 4) is 0 Å². The minimum atomic E-state index is -0.509. The standard InChI is InChI=1S/C16H14Cl2N4O/c17-13-3-1-9(6-14(13)18)12(7-19)16(23)21-11-2-4-15-10(5-11)8-20-22-15/h1-6,8,12H,7,19H2,(H,20,22)(H,21,23)/t12-/m0/s1. The molecule has 1 heterocycles. The number of aromatic amines is 1. The molecule has 3 rings (SSSR count). The zero-order valence-corrected chi connectivity index (χ0v) is 13.5. The number of nitrogens with zero attached hydrogens (tertiary/aromatic N) is 1. The van der Waals surface area contributed by atoms with Gasteiger partial charge >= 0.3 is 0 Å². The van der Waals surface area contributed by atoms with Crippen molar-refractivity contribution in [3.05, 3.63) is 58.2 Å². The number of halogens is 2. The van der Waals surface area contributed by atoms with Gasteiger partial charge in [0.05, 0.1) is 27.7 Å². The largest absolute Gasteiger partial charge is 0.329 e. The summed E-state index contributed by atoms with van der Waals surface area (Å²) in [6.07, 6.45) is 1.70. The predicted molar refractivity (Wildman–Crippen MR) is 93.0 cm³/mol. The van der Waals surface area contributed by atoms with Crippen LogP contribution in [-0.4, -0.2) is 22.6 Å². The monoisotopic (exact) mass is 348 g/mol. The molecule has 1 aromatic heterocycles. The maximum Gasteiger partial charge on any atom is 0.233 e. The maximum atomic E-state index is 12.5. The normalized spacial score (nSPS) is 12.3. The van der Waals surface area contributed by atoms with Crippen molar-refractivity contribution < 1.29 is 4.79 Å². The molecule has 118 valence electrons. The molecule has 1 atom stereocenters. The Labute approximate surface area is 142 Å². The Morgan fingerprint density at radius 2 is 2.04 bits per heavy atom. The van der Waals surface area contributed by atoms with E-state index in [1.54, 1.807) is 30.5 Å². The van der Waals surface area contributed by atoms with Crippen LogP contribution in [0.15, 0.2) is 42.6 Å². The van der Waals surface area contributed by atoms with E-state index >= 15 is 0 Å². The molecule has 0 radical (unpaired) electrons. The molecule has 0 unspecified atom stereocenters. The van der Waals surface area contributed by atoms with Crippen LogP contribution in [0, 0.1) is 0 Å². The van der Waals surface area contributed by atoms with Crippen LogP contribution in [0.25, 0.3) is 10.9 Å². The van der Waals surface area contributed by atoms with Crippen molar-refractivity contribution in [2.24, 2.45) is 5.73 Å². The molecule has 7 heteroatoms. The highest BCUT2D eigenvalue weighted by Crippen LogP contribution is 2.27. The highest BCUT2D eigenvalue weighted by molar-refractivity contribution is 6.42. The van der Waals surface area contributed by atoms with E-state index in [9.17, 15) is 4.79 Å². The van der Waals surface area contributed by atoms with E-state index in [0.717, 1.165) is 16.5 Å². The van der Waals surface area contributed by atoms with Crippen LogP contribution >= 0.6 is 23.2 Å². The Bertz CT molecular complexity index is 862. The van der Waals surface area contributed by atoms with Crippen LogP contribution in [-0.2, 0) is 4.79 Å². The lowest BCUT2D eigenvalue weighted by Crippen LogP contribution is -2.27. The number of carbonyl (C=O) groups excluding carboxylic acids is 1. The first-order valence-electron chi connectivity index (χ1n) is 6.97. The molecule has 5 nitrogen and oxygen atoms in total. The van der Waals surface area contributed by atoms with E-state index in [4.69, 9.17) is 28.9 Å². The lowest BCUT2D eigenvalue weighted by Gasteiger charge is -2.16. The summed E-state index contributed by atoms with van der Waals surface area (Å²) < 4.78 is 0. The minimum Gasteiger partial charge on any atom is -0.329 e. The van der Waals surface area contributed by atoms with Gasteiger partial charge in [-0.2, -0.15) is 5.10 Å². The van der Waals surface area contributed by atoms with Gasteiger partial charge in [-0.05, 0) is 35.9 Å². The average Bonchev–Trinajstić information content (AvgIpc) is 2.99. The topological polar surface area (TPSA) is 83.8 Å². The first-order chi connectivity index (χ1) is 11.1. The summed E-state index contributed by atoms with van der Waals surface area (Å²) in [6.45, 7) is 0.164. The molecule has 4 N–H and O–H groups in total. The average molecular weight is 349 g/mol. The van der Waals surface area contributed by atoms with Crippen molar-refractivity contribution in [1.82, 2.24) is 10.2 Å². The third-order valence-electron chi connectivity index (χ3n) is 3.61. The lowest BCUT2D eigenvalue weighted by atomic mass is 9.98. The summed E-state index contributed by atoms with van der Waals surface area (Å²) >= 11 is 11.9. The first kappa shape index (κ1) is 15.8. The van der Waals surface area contributed by atoms with Crippen molar-refractivity contribution in [1.29, 1.82) is 0 Å². The zero-order chi connectivity index (χ0) is 16.4. The third-order valence-corrected chi connectivity index (χ3v) is 4.34. The van der Waals surface area contributed by atoms with Gasteiger partial charge in [-0.25, -0.2) is 0 Å². The summed E-state index contributed by atoms with van der Waals surface area (Å²) in [7, 11) is 0. The van der Waals surface area contributed by atoms with Crippen LogP contribution in [0.3, 0.4) is 0 Å². The third kappa shape index (κ3) is 3.32. The number of carbonyl (C=O) groups is 1. The Morgan fingerprint density at radius 1 is 1.22 bits per heavy atom. The number of nitrogens with two attached hydrogens (primary N) is 1. The summed E-state index contributed by atoms with van der Waals surface area (Å²) in [5.41, 5.74) is 8.08. The molecule has 1 amide bonds. The van der Waals surface area contributed by atoms with E-state index in [2.05, 4.69) is 15.5 Å². The molecule has 0 aliphatic heterocycles. The van der Waals surface area contributed by atoms with Gasteiger partial charge in [-0.1, -0.05) is 29.3 Å². The molecule has 23 heavy (non-hydrogen) atoms. The van der Waals surface area contributed by atoms with E-state index in [1.165, 1.54) is 0 Å². The van der Waals surface area contributed by atoms with Crippen molar-refractivity contribution in [2.75, 3.05) is 11.9 Å². The Kier molecular flexibility index (Phi) is 4.52. The molecule has 0 saturated carbocycles. The number of anilines is 1. The quantitative estimate of drug-likeness (QED) is 0.673. The second kappa shape index (κ2) is 6.58. The first-order valence-corrected chi connectivity index (χ1v) is 7.73. The van der Waals surface area contributed by atoms with E-state index < -0.39 is 5.92 Å². The zero-order valence-electron chi connectivity index (χ0n) is 12.0.